The second kappa shape index (κ2) is 23.2. The van der Waals surface area contributed by atoms with Crippen LogP contribution in [0.1, 0.15) is 16.7 Å². The van der Waals surface area contributed by atoms with Crippen molar-refractivity contribution in [1.29, 1.82) is 10.5 Å². The van der Waals surface area contributed by atoms with Crippen LogP contribution in [0.2, 0.25) is 0 Å². The Morgan fingerprint density at radius 3 is 0.894 bits per heavy atom. The maximum absolute atomic E-state index is 15.1. The van der Waals surface area contributed by atoms with Crippen molar-refractivity contribution in [3.8, 4) is 124 Å². The second-order valence-corrected chi connectivity index (χ2v) is 23.2. The van der Waals surface area contributed by atoms with Crippen LogP contribution in [0.25, 0.3) is 156 Å². The lowest BCUT2D eigenvalue weighted by Gasteiger charge is -2.20. The number of nitrogens with zero attached hydrogens (tertiary/aromatic N) is 8. The number of fused-ring (bicyclic) bond motifs is 6. The fourth-order valence-corrected chi connectivity index (χ4v) is 12.9. The average molecular weight is 1220 g/mol. The molecule has 6 aromatic heterocycles. The summed E-state index contributed by atoms with van der Waals surface area (Å²) in [6.07, 6.45) is 2.68. The molecule has 11 heteroatoms. The van der Waals surface area contributed by atoms with Crippen molar-refractivity contribution in [3.05, 3.63) is 314 Å². The van der Waals surface area contributed by atoms with E-state index >= 15 is 13.2 Å². The fraction of sp³-hybridized carbons (Fsp3) is 0.0120. The van der Waals surface area contributed by atoms with E-state index in [1.165, 1.54) is 6.07 Å². The molecule has 0 saturated heterocycles. The summed E-state index contributed by atoms with van der Waals surface area (Å²) in [5.74, 6) is 0. The van der Waals surface area contributed by atoms with Gasteiger partial charge in [-0.2, -0.15) is 23.7 Å². The van der Waals surface area contributed by atoms with Crippen LogP contribution < -0.4 is 0 Å². The molecule has 8 nitrogen and oxygen atoms in total. The van der Waals surface area contributed by atoms with Gasteiger partial charge in [0.2, 0.25) is 0 Å². The Hall–Kier alpha value is -12.8. The molecule has 442 valence electrons. The quantitative estimate of drug-likeness (QED) is 0.128. The highest BCUT2D eigenvalue weighted by Gasteiger charge is 2.32. The van der Waals surface area contributed by atoms with Crippen LogP contribution in [0.15, 0.2) is 298 Å². The van der Waals surface area contributed by atoms with Gasteiger partial charge in [0.05, 0.1) is 85.0 Å². The number of alkyl halides is 3. The predicted molar refractivity (Wildman–Crippen MR) is 370 cm³/mol. The largest absolute Gasteiger partial charge is 0.416 e. The molecule has 0 atom stereocenters. The van der Waals surface area contributed by atoms with Crippen LogP contribution in [0, 0.1) is 22.7 Å². The predicted octanol–water partition coefficient (Wildman–Crippen LogP) is 21.2. The van der Waals surface area contributed by atoms with Crippen molar-refractivity contribution >= 4 is 43.6 Å². The van der Waals surface area contributed by atoms with Gasteiger partial charge in [-0.05, 0) is 107 Å². The summed E-state index contributed by atoms with van der Waals surface area (Å²) in [6.45, 7) is 0. The van der Waals surface area contributed by atoms with Crippen LogP contribution in [0.5, 0.6) is 0 Å². The third-order valence-electron chi connectivity index (χ3n) is 17.6. The SMILES string of the molecule is N#Cc1cc(-c2cc(-n3c4cc(-c5ccc(-c6ccccc6)nc5)ccc4c4ccc(-c5ccc(-c6ccccc6)nc5)cc43)c(-n3c4cc(-c5ccc(-c6ccccc6)nc5)ccc4c4ccc(-c5ccc(-c6ccccc6)nc5)cc43)cc2C#N)cc(C(F)(F)F)c1. The van der Waals surface area contributed by atoms with Crippen LogP contribution >= 0.6 is 0 Å². The summed E-state index contributed by atoms with van der Waals surface area (Å²) < 4.78 is 49.5. The van der Waals surface area contributed by atoms with Crippen molar-refractivity contribution < 1.29 is 13.2 Å². The standard InChI is InChI=1S/C83H49F3N8/c84-83(85,86)67-38-52(46-87)37-65(39-67)72-45-82(94-79-42-59(63-27-35-75(91-50-63)55-17-9-3-10-18-55)23-31-70(79)71-32-24-60(43-80(71)94)64-28-36-76(92-51-64)56-19-11-4-12-20-56)81(44-66(72)47-88)93-77-40-57(61-25-33-73(89-48-61)53-13-5-1-6-14-53)21-29-68(77)69-30-22-58(41-78(69)93)62-26-34-74(90-49-62)54-15-7-2-8-16-54/h1-45,48-51H. The minimum atomic E-state index is -4.81. The van der Waals surface area contributed by atoms with Gasteiger partial charge in [0.1, 0.15) is 0 Å². The zero-order valence-electron chi connectivity index (χ0n) is 50.0. The Kier molecular flexibility index (Phi) is 13.9. The molecule has 0 bridgehead atoms. The van der Waals surface area contributed by atoms with Crippen LogP contribution in [0.4, 0.5) is 13.2 Å². The van der Waals surface area contributed by atoms with Gasteiger partial charge in [-0.15, -0.1) is 0 Å². The normalized spacial score (nSPS) is 11.5. The van der Waals surface area contributed by atoms with Gasteiger partial charge in [0.25, 0.3) is 0 Å². The van der Waals surface area contributed by atoms with Gasteiger partial charge in [-0.25, -0.2) is 0 Å². The van der Waals surface area contributed by atoms with E-state index in [0.29, 0.717) is 11.4 Å². The molecule has 0 spiro atoms. The smallest absolute Gasteiger partial charge is 0.307 e. The zero-order chi connectivity index (χ0) is 63.4. The molecule has 0 unspecified atom stereocenters. The lowest BCUT2D eigenvalue weighted by molar-refractivity contribution is -0.137. The summed E-state index contributed by atoms with van der Waals surface area (Å²) in [6, 6.07) is 92.9. The van der Waals surface area contributed by atoms with Gasteiger partial charge >= 0.3 is 6.18 Å². The van der Waals surface area contributed by atoms with E-state index in [0.717, 1.165) is 145 Å². The number of rotatable bonds is 11. The van der Waals surface area contributed by atoms with Gasteiger partial charge in [0.15, 0.2) is 0 Å². The lowest BCUT2D eigenvalue weighted by atomic mass is 9.94. The number of benzene rings is 10. The molecular formula is C83H49F3N8. The van der Waals surface area contributed by atoms with E-state index in [-0.39, 0.29) is 22.3 Å². The molecular weight excluding hydrogens is 1170 g/mol. The molecule has 0 fully saturated rings. The van der Waals surface area contributed by atoms with Gasteiger partial charge < -0.3 is 9.13 Å². The minimum absolute atomic E-state index is 0.0525. The van der Waals surface area contributed by atoms with Crippen LogP contribution in [0.3, 0.4) is 0 Å². The summed E-state index contributed by atoms with van der Waals surface area (Å²) >= 11 is 0. The third kappa shape index (κ3) is 10.3. The highest BCUT2D eigenvalue weighted by atomic mass is 19.4. The highest BCUT2D eigenvalue weighted by Crippen LogP contribution is 2.45. The second-order valence-electron chi connectivity index (χ2n) is 23.2. The maximum Gasteiger partial charge on any atom is 0.416 e. The van der Waals surface area contributed by atoms with E-state index in [1.807, 2.05) is 183 Å². The van der Waals surface area contributed by atoms with Crippen molar-refractivity contribution in [1.82, 2.24) is 29.1 Å². The number of aromatic nitrogens is 6. The monoisotopic (exact) mass is 1210 g/mol. The number of pyridine rings is 4. The van der Waals surface area contributed by atoms with Crippen molar-refractivity contribution in [2.45, 2.75) is 6.18 Å². The molecule has 16 aromatic rings. The number of halogens is 3. The van der Waals surface area contributed by atoms with Gasteiger partial charge in [0, 0.05) is 96.4 Å². The Bertz CT molecular complexity index is 5400. The maximum atomic E-state index is 15.1. The van der Waals surface area contributed by atoms with Crippen molar-refractivity contribution in [2.75, 3.05) is 0 Å². The Morgan fingerprint density at radius 2 is 0.606 bits per heavy atom. The molecule has 0 aliphatic rings. The van der Waals surface area contributed by atoms with Crippen molar-refractivity contribution in [2.24, 2.45) is 0 Å². The summed E-state index contributed by atoms with van der Waals surface area (Å²) in [7, 11) is 0. The first kappa shape index (κ1) is 56.4. The molecule has 16 rings (SSSR count). The first-order valence-electron chi connectivity index (χ1n) is 30.6. The summed E-state index contributed by atoms with van der Waals surface area (Å²) in [5.41, 5.74) is 17.5. The first-order valence-corrected chi connectivity index (χ1v) is 30.6. The molecule has 6 heterocycles. The van der Waals surface area contributed by atoms with E-state index in [9.17, 15) is 10.5 Å². The molecule has 0 amide bonds. The van der Waals surface area contributed by atoms with E-state index in [4.69, 9.17) is 19.9 Å². The van der Waals surface area contributed by atoms with Crippen molar-refractivity contribution in [3.63, 3.8) is 0 Å². The Labute approximate surface area is 538 Å². The van der Waals surface area contributed by atoms with Gasteiger partial charge in [-0.1, -0.05) is 194 Å². The molecule has 0 aliphatic heterocycles. The third-order valence-corrected chi connectivity index (χ3v) is 17.6. The average Bonchev–Trinajstić information content (AvgIpc) is 1.55. The lowest BCUT2D eigenvalue weighted by Crippen LogP contribution is -2.07. The molecule has 0 radical (unpaired) electrons. The highest BCUT2D eigenvalue weighted by molar-refractivity contribution is 6.14. The molecule has 10 aromatic carbocycles. The first-order chi connectivity index (χ1) is 46.1. The zero-order valence-corrected chi connectivity index (χ0v) is 50.0. The Morgan fingerprint density at radius 1 is 0.287 bits per heavy atom. The van der Waals surface area contributed by atoms with E-state index in [1.54, 1.807) is 6.07 Å². The molecule has 0 saturated carbocycles. The topological polar surface area (TPSA) is 109 Å². The summed E-state index contributed by atoms with van der Waals surface area (Å²) in [4.78, 5) is 19.8. The van der Waals surface area contributed by atoms with E-state index in [2.05, 4.69) is 112 Å². The summed E-state index contributed by atoms with van der Waals surface area (Å²) in [5, 5.41) is 25.5. The van der Waals surface area contributed by atoms with E-state index < -0.39 is 11.7 Å². The molecule has 0 aliphatic carbocycles. The Balaban J connectivity index is 0.998. The fourth-order valence-electron chi connectivity index (χ4n) is 12.9. The molecule has 0 N–H and O–H groups in total. The van der Waals surface area contributed by atoms with Gasteiger partial charge in [-0.3, -0.25) is 19.9 Å². The number of nitriles is 2. The van der Waals surface area contributed by atoms with Crippen LogP contribution in [-0.4, -0.2) is 29.1 Å². The molecule has 94 heavy (non-hydrogen) atoms. The number of hydrogen-bond donors (Lipinski definition) is 0. The van der Waals surface area contributed by atoms with Crippen LogP contribution in [-0.2, 0) is 6.18 Å². The number of hydrogen-bond acceptors (Lipinski definition) is 6. The minimum Gasteiger partial charge on any atom is -0.307 e.